The standard InChI is InChI=1S/C27H31N3.C18H21BrN2.C16H23BO2/c1-18(2)22-12-7-13-23(19(3)4)27(22)29-17-21-11-6-15-25(30-21)24-14-5-9-20-10-8-16-28-26(20)24;1-12(2)15-8-6-9-16(13(3)4)18(15)20-11-14-7-5-10-17(19)21-14;1-15(2)16(3,4)19-17(18-15)14-11-7-9-12-8-5-6-10-13(12)14/h5-7,9,11-15,17-19,28H,8,10,16H2,1-4H3;5-13H,1-4H3;7,9,11H,5-6,8,10H2,1-4H3. The number of aromatic nitrogens is 2. The van der Waals surface area contributed by atoms with Crippen molar-refractivity contribution in [3.05, 3.63) is 164 Å². The number of nitrogens with one attached hydrogen (secondary N) is 1. The molecule has 1 N–H and O–H groups in total. The number of aliphatic imine (C=N–C) groups is 2. The smallest absolute Gasteiger partial charge is 0.399 e. The SMILES string of the molecule is CC(C)c1cccc(C(C)C)c1N=Cc1cccc(-c2cccc3c2NCCC3)n1.CC(C)c1cccc(C(C)C)c1N=Cc1cccc(Br)n1.CC1(C)OB(c2cccc3c2CCCC3)OC1(C)C. The summed E-state index contributed by atoms with van der Waals surface area (Å²) in [6.45, 7) is 27.2. The fourth-order valence-electron chi connectivity index (χ4n) is 9.48. The number of fused-ring (bicyclic) bond motifs is 2. The van der Waals surface area contributed by atoms with Crippen LogP contribution in [0.25, 0.3) is 11.3 Å². The number of benzene rings is 4. The van der Waals surface area contributed by atoms with Crippen LogP contribution >= 0.6 is 15.9 Å². The molecule has 4 aromatic carbocycles. The predicted molar refractivity (Wildman–Crippen MR) is 301 cm³/mol. The van der Waals surface area contributed by atoms with Crippen LogP contribution in [-0.4, -0.2) is 47.3 Å². The Morgan fingerprint density at radius 2 is 1.03 bits per heavy atom. The zero-order valence-corrected chi connectivity index (χ0v) is 45.5. The van der Waals surface area contributed by atoms with Crippen LogP contribution in [0.3, 0.4) is 0 Å². The minimum Gasteiger partial charge on any atom is -0.399 e. The molecule has 2 aliphatic heterocycles. The lowest BCUT2D eigenvalue weighted by Gasteiger charge is -2.32. The first kappa shape index (κ1) is 52.6. The van der Waals surface area contributed by atoms with Gasteiger partial charge >= 0.3 is 7.12 Å². The Bertz CT molecular complexity index is 2720. The van der Waals surface area contributed by atoms with Crippen molar-refractivity contribution in [2.24, 2.45) is 9.98 Å². The predicted octanol–water partition coefficient (Wildman–Crippen LogP) is 15.8. The number of pyridine rings is 2. The van der Waals surface area contributed by atoms with Crippen LogP contribution in [0.4, 0.5) is 17.1 Å². The Labute approximate surface area is 428 Å². The fourth-order valence-corrected chi connectivity index (χ4v) is 9.83. The van der Waals surface area contributed by atoms with Crippen LogP contribution in [0.2, 0.25) is 0 Å². The van der Waals surface area contributed by atoms with E-state index in [1.54, 1.807) is 0 Å². The van der Waals surface area contributed by atoms with Crippen molar-refractivity contribution in [3.63, 3.8) is 0 Å². The molecule has 0 unspecified atom stereocenters. The van der Waals surface area contributed by atoms with E-state index in [-0.39, 0.29) is 18.3 Å². The zero-order valence-electron chi connectivity index (χ0n) is 43.9. The van der Waals surface area contributed by atoms with E-state index >= 15 is 0 Å². The number of nitrogens with zero attached hydrogens (tertiary/aromatic N) is 4. The molecule has 0 bridgehead atoms. The van der Waals surface area contributed by atoms with Gasteiger partial charge < -0.3 is 14.6 Å². The average Bonchev–Trinajstić information content (AvgIpc) is 3.57. The molecule has 7 nitrogen and oxygen atoms in total. The van der Waals surface area contributed by atoms with Crippen LogP contribution in [0.1, 0.15) is 176 Å². The van der Waals surface area contributed by atoms with Gasteiger partial charge in [-0.3, -0.25) is 9.98 Å². The third-order valence-electron chi connectivity index (χ3n) is 14.1. The number of rotatable bonds is 10. The van der Waals surface area contributed by atoms with E-state index in [1.807, 2.05) is 36.7 Å². The monoisotopic (exact) mass is 1000 g/mol. The van der Waals surface area contributed by atoms with Gasteiger partial charge in [-0.2, -0.15) is 0 Å². The molecule has 2 aromatic heterocycles. The van der Waals surface area contributed by atoms with Crippen molar-refractivity contribution >= 4 is 58.0 Å². The Kier molecular flexibility index (Phi) is 17.5. The molecule has 1 aliphatic carbocycles. The van der Waals surface area contributed by atoms with Crippen molar-refractivity contribution in [3.8, 4) is 11.3 Å². The van der Waals surface area contributed by atoms with Gasteiger partial charge in [-0.15, -0.1) is 0 Å². The van der Waals surface area contributed by atoms with E-state index in [0.717, 1.165) is 52.4 Å². The van der Waals surface area contributed by atoms with Crippen LogP contribution in [-0.2, 0) is 28.6 Å². The van der Waals surface area contributed by atoms with Crippen LogP contribution in [0, 0.1) is 0 Å². The van der Waals surface area contributed by atoms with E-state index in [4.69, 9.17) is 24.3 Å². The maximum atomic E-state index is 6.19. The van der Waals surface area contributed by atoms with E-state index in [9.17, 15) is 0 Å². The highest BCUT2D eigenvalue weighted by Crippen LogP contribution is 2.39. The average molecular weight is 1000 g/mol. The molecule has 0 saturated carbocycles. The number of hydrogen-bond acceptors (Lipinski definition) is 7. The first-order chi connectivity index (χ1) is 33.4. The first-order valence-electron chi connectivity index (χ1n) is 25.7. The van der Waals surface area contributed by atoms with Crippen molar-refractivity contribution in [1.82, 2.24) is 9.97 Å². The van der Waals surface area contributed by atoms with Crippen LogP contribution in [0.5, 0.6) is 0 Å². The lowest BCUT2D eigenvalue weighted by Crippen LogP contribution is -2.41. The van der Waals surface area contributed by atoms with Crippen molar-refractivity contribution < 1.29 is 9.31 Å². The Morgan fingerprint density at radius 3 is 1.59 bits per heavy atom. The highest BCUT2D eigenvalue weighted by Gasteiger charge is 2.52. The van der Waals surface area contributed by atoms with Gasteiger partial charge in [-0.05, 0) is 174 Å². The highest BCUT2D eigenvalue weighted by atomic mass is 79.9. The van der Waals surface area contributed by atoms with Gasteiger partial charge in [0.25, 0.3) is 0 Å². The summed E-state index contributed by atoms with van der Waals surface area (Å²) in [4.78, 5) is 19.0. The second-order valence-corrected chi connectivity index (χ2v) is 22.0. The number of para-hydroxylation sites is 3. The minimum absolute atomic E-state index is 0.210. The molecule has 366 valence electrons. The summed E-state index contributed by atoms with van der Waals surface area (Å²) in [5.41, 5.74) is 17.5. The number of anilines is 1. The molecule has 4 heterocycles. The summed E-state index contributed by atoms with van der Waals surface area (Å²) in [6.07, 6.45) is 11.0. The third-order valence-corrected chi connectivity index (χ3v) is 14.6. The molecule has 3 aliphatic rings. The maximum Gasteiger partial charge on any atom is 0.495 e. The molecule has 1 fully saturated rings. The summed E-state index contributed by atoms with van der Waals surface area (Å²) in [7, 11) is -0.210. The largest absolute Gasteiger partial charge is 0.495 e. The summed E-state index contributed by atoms with van der Waals surface area (Å²) in [6, 6.07) is 38.1. The van der Waals surface area contributed by atoms with Gasteiger partial charge in [0, 0.05) is 17.8 Å². The molecule has 0 amide bonds. The Hall–Kier alpha value is -5.22. The topological polar surface area (TPSA) is 81.0 Å². The van der Waals surface area contributed by atoms with E-state index in [1.165, 1.54) is 81.3 Å². The van der Waals surface area contributed by atoms with Gasteiger partial charge in [-0.25, -0.2) is 9.97 Å². The van der Waals surface area contributed by atoms with Gasteiger partial charge in [0.15, 0.2) is 0 Å². The van der Waals surface area contributed by atoms with E-state index in [0.29, 0.717) is 23.7 Å². The molecule has 6 aromatic rings. The lowest BCUT2D eigenvalue weighted by molar-refractivity contribution is 0.00578. The summed E-state index contributed by atoms with van der Waals surface area (Å²) >= 11 is 3.39. The van der Waals surface area contributed by atoms with Gasteiger partial charge in [-0.1, -0.05) is 140 Å². The number of hydrogen-bond donors (Lipinski definition) is 1. The normalized spacial score (nSPS) is 16.0. The Balaban J connectivity index is 0.000000160. The quantitative estimate of drug-likeness (QED) is 0.0840. The summed E-state index contributed by atoms with van der Waals surface area (Å²) in [5, 5.41) is 3.57. The van der Waals surface area contributed by atoms with Crippen molar-refractivity contribution in [1.29, 1.82) is 0 Å². The molecule has 0 atom stereocenters. The first-order valence-corrected chi connectivity index (χ1v) is 26.5. The molecule has 0 radical (unpaired) electrons. The van der Waals surface area contributed by atoms with Gasteiger partial charge in [0.1, 0.15) is 4.60 Å². The highest BCUT2D eigenvalue weighted by molar-refractivity contribution is 9.10. The molecule has 0 spiro atoms. The second-order valence-electron chi connectivity index (χ2n) is 21.2. The molecular formula is C61H75BBrN5O2. The van der Waals surface area contributed by atoms with Gasteiger partial charge in [0.05, 0.1) is 52.1 Å². The maximum absolute atomic E-state index is 6.19. The third kappa shape index (κ3) is 12.6. The van der Waals surface area contributed by atoms with E-state index < -0.39 is 0 Å². The lowest BCUT2D eigenvalue weighted by atomic mass is 9.72. The molecular weight excluding hydrogens is 925 g/mol. The molecule has 1 saturated heterocycles. The van der Waals surface area contributed by atoms with Gasteiger partial charge in [0.2, 0.25) is 0 Å². The second kappa shape index (κ2) is 23.3. The van der Waals surface area contributed by atoms with Crippen molar-refractivity contribution in [2.45, 2.75) is 156 Å². The number of halogens is 1. The minimum atomic E-state index is -0.255. The molecule has 9 heteroatoms. The number of aryl methyl sites for hydroxylation is 2. The van der Waals surface area contributed by atoms with E-state index in [2.05, 4.69) is 194 Å². The zero-order chi connectivity index (χ0) is 50.2. The van der Waals surface area contributed by atoms with Crippen molar-refractivity contribution in [2.75, 3.05) is 11.9 Å². The molecule has 70 heavy (non-hydrogen) atoms. The van der Waals surface area contributed by atoms with Crippen LogP contribution in [0.15, 0.2) is 124 Å². The van der Waals surface area contributed by atoms with Crippen LogP contribution < -0.4 is 10.8 Å². The Morgan fingerprint density at radius 1 is 0.557 bits per heavy atom. The molecule has 9 rings (SSSR count). The fraction of sp³-hybridized carbons (Fsp3) is 0.410. The summed E-state index contributed by atoms with van der Waals surface area (Å²) in [5.74, 6) is 1.76. The summed E-state index contributed by atoms with van der Waals surface area (Å²) < 4.78 is 13.2.